The molecule has 0 bridgehead atoms. The summed E-state index contributed by atoms with van der Waals surface area (Å²) in [4.78, 5) is 8.43. The number of aryl methyl sites for hydroxylation is 1. The van der Waals surface area contributed by atoms with Crippen molar-refractivity contribution in [2.45, 2.75) is 38.8 Å². The lowest BCUT2D eigenvalue weighted by Gasteiger charge is -2.17. The minimum Gasteiger partial charge on any atom is -0.251 e. The molecule has 0 spiro atoms. The molecule has 0 aliphatic rings. The van der Waals surface area contributed by atoms with Crippen LogP contribution in [0.25, 0.3) is 16.9 Å². The smallest absolute Gasteiger partial charge is 0.251 e. The van der Waals surface area contributed by atoms with Crippen LogP contribution in [-0.4, -0.2) is 30.0 Å². The van der Waals surface area contributed by atoms with Crippen LogP contribution in [0.1, 0.15) is 31.7 Å². The molecule has 3 rings (SSSR count). The SMILES string of the molecule is CCC(C)Cc1c(-c2c(F)cc(F)cc2F)c(C)nc2nc(S(C)=O)nn12. The van der Waals surface area contributed by atoms with Crippen LogP contribution in [0, 0.1) is 30.3 Å². The first-order chi connectivity index (χ1) is 12.7. The third kappa shape index (κ3) is 3.60. The number of halogens is 3. The fourth-order valence-electron chi connectivity index (χ4n) is 2.95. The van der Waals surface area contributed by atoms with Crippen LogP contribution in [0.15, 0.2) is 17.3 Å². The molecule has 27 heavy (non-hydrogen) atoms. The van der Waals surface area contributed by atoms with Crippen LogP contribution < -0.4 is 0 Å². The van der Waals surface area contributed by atoms with Gasteiger partial charge in [-0.1, -0.05) is 20.3 Å². The van der Waals surface area contributed by atoms with Crippen LogP contribution >= 0.6 is 0 Å². The lowest BCUT2D eigenvalue weighted by atomic mass is 9.94. The van der Waals surface area contributed by atoms with Crippen molar-refractivity contribution in [2.24, 2.45) is 5.92 Å². The molecule has 5 nitrogen and oxygen atoms in total. The molecule has 9 heteroatoms. The van der Waals surface area contributed by atoms with Gasteiger partial charge in [0, 0.05) is 24.0 Å². The second kappa shape index (κ2) is 7.38. The van der Waals surface area contributed by atoms with Gasteiger partial charge in [0.25, 0.3) is 5.78 Å². The van der Waals surface area contributed by atoms with E-state index in [1.54, 1.807) is 6.92 Å². The maximum Gasteiger partial charge on any atom is 0.253 e. The van der Waals surface area contributed by atoms with E-state index in [0.717, 1.165) is 6.42 Å². The minimum atomic E-state index is -1.43. The van der Waals surface area contributed by atoms with Gasteiger partial charge in [-0.25, -0.2) is 18.2 Å². The average Bonchev–Trinajstić information content (AvgIpc) is 3.00. The highest BCUT2D eigenvalue weighted by molar-refractivity contribution is 7.84. The van der Waals surface area contributed by atoms with Gasteiger partial charge in [0.15, 0.2) is 0 Å². The molecule has 0 radical (unpaired) electrons. The highest BCUT2D eigenvalue weighted by atomic mass is 32.2. The van der Waals surface area contributed by atoms with Crippen LogP contribution in [0.4, 0.5) is 13.2 Å². The predicted octanol–water partition coefficient (Wildman–Crippen LogP) is 3.84. The number of rotatable bonds is 5. The first-order valence-corrected chi connectivity index (χ1v) is 10.0. The summed E-state index contributed by atoms with van der Waals surface area (Å²) in [6, 6.07) is 1.28. The Morgan fingerprint density at radius 1 is 1.15 bits per heavy atom. The van der Waals surface area contributed by atoms with E-state index in [4.69, 9.17) is 0 Å². The van der Waals surface area contributed by atoms with E-state index in [-0.39, 0.29) is 28.0 Å². The zero-order chi connectivity index (χ0) is 19.9. The van der Waals surface area contributed by atoms with Gasteiger partial charge in [-0.05, 0) is 19.3 Å². The third-order valence-corrected chi connectivity index (χ3v) is 5.18. The monoisotopic (exact) mass is 396 g/mol. The van der Waals surface area contributed by atoms with Crippen molar-refractivity contribution in [3.8, 4) is 11.1 Å². The van der Waals surface area contributed by atoms with Gasteiger partial charge in [0.05, 0.1) is 27.8 Å². The molecule has 2 unspecified atom stereocenters. The molecule has 0 saturated carbocycles. The second-order valence-electron chi connectivity index (χ2n) is 6.54. The Hall–Kier alpha value is -2.29. The van der Waals surface area contributed by atoms with E-state index < -0.39 is 28.3 Å². The summed E-state index contributed by atoms with van der Waals surface area (Å²) in [6.45, 7) is 5.61. The van der Waals surface area contributed by atoms with Gasteiger partial charge >= 0.3 is 0 Å². The Labute approximate surface area is 157 Å². The quantitative estimate of drug-likeness (QED) is 0.657. The molecule has 0 fully saturated rings. The Bertz CT molecular complexity index is 1030. The topological polar surface area (TPSA) is 60.2 Å². The van der Waals surface area contributed by atoms with Gasteiger partial charge in [-0.15, -0.1) is 5.10 Å². The molecule has 0 amide bonds. The maximum atomic E-state index is 14.5. The van der Waals surface area contributed by atoms with Crippen LogP contribution in [0.3, 0.4) is 0 Å². The largest absolute Gasteiger partial charge is 0.253 e. The molecular formula is C18H19F3N4OS. The zero-order valence-electron chi connectivity index (χ0n) is 15.4. The van der Waals surface area contributed by atoms with E-state index in [1.165, 1.54) is 10.8 Å². The van der Waals surface area contributed by atoms with Crippen LogP contribution in [-0.2, 0) is 17.2 Å². The predicted molar refractivity (Wildman–Crippen MR) is 96.3 cm³/mol. The number of hydrogen-bond donors (Lipinski definition) is 0. The average molecular weight is 396 g/mol. The van der Waals surface area contributed by atoms with Crippen molar-refractivity contribution < 1.29 is 17.4 Å². The molecule has 144 valence electrons. The summed E-state index contributed by atoms with van der Waals surface area (Å²) in [6.07, 6.45) is 2.72. The Morgan fingerprint density at radius 2 is 1.78 bits per heavy atom. The molecule has 2 aromatic heterocycles. The second-order valence-corrected chi connectivity index (χ2v) is 7.81. The zero-order valence-corrected chi connectivity index (χ0v) is 16.2. The number of benzene rings is 1. The molecular weight excluding hydrogens is 377 g/mol. The number of aromatic nitrogens is 4. The maximum absolute atomic E-state index is 14.5. The highest BCUT2D eigenvalue weighted by Crippen LogP contribution is 2.33. The Morgan fingerprint density at radius 3 is 2.33 bits per heavy atom. The molecule has 0 N–H and O–H groups in total. The molecule has 1 aromatic carbocycles. The summed E-state index contributed by atoms with van der Waals surface area (Å²) in [5.74, 6) is -2.63. The normalized spacial score (nSPS) is 13.9. The molecule has 2 atom stereocenters. The van der Waals surface area contributed by atoms with E-state index in [1.807, 2.05) is 13.8 Å². The number of nitrogens with zero attached hydrogens (tertiary/aromatic N) is 4. The van der Waals surface area contributed by atoms with Gasteiger partial charge in [-0.2, -0.15) is 9.50 Å². The van der Waals surface area contributed by atoms with Crippen LogP contribution in [0.2, 0.25) is 0 Å². The lowest BCUT2D eigenvalue weighted by Crippen LogP contribution is -2.12. The van der Waals surface area contributed by atoms with Crippen molar-refractivity contribution in [1.82, 2.24) is 19.6 Å². The van der Waals surface area contributed by atoms with E-state index in [2.05, 4.69) is 15.1 Å². The summed E-state index contributed by atoms with van der Waals surface area (Å²) in [5.41, 5.74) is 0.707. The fourth-order valence-corrected chi connectivity index (χ4v) is 3.36. The Balaban J connectivity index is 2.39. The minimum absolute atomic E-state index is 0.0875. The summed E-state index contributed by atoms with van der Waals surface area (Å²) in [5, 5.41) is 4.32. The van der Waals surface area contributed by atoms with Crippen molar-refractivity contribution in [1.29, 1.82) is 0 Å². The van der Waals surface area contributed by atoms with E-state index >= 15 is 0 Å². The summed E-state index contributed by atoms with van der Waals surface area (Å²) in [7, 11) is -1.43. The van der Waals surface area contributed by atoms with Gasteiger partial charge in [0.1, 0.15) is 17.5 Å². The van der Waals surface area contributed by atoms with Crippen molar-refractivity contribution in [2.75, 3.05) is 6.26 Å². The van der Waals surface area contributed by atoms with Crippen LogP contribution in [0.5, 0.6) is 0 Å². The summed E-state index contributed by atoms with van der Waals surface area (Å²) < 4.78 is 55.6. The molecule has 0 aliphatic carbocycles. The van der Waals surface area contributed by atoms with Gasteiger partial charge < -0.3 is 0 Å². The highest BCUT2D eigenvalue weighted by Gasteiger charge is 2.24. The van der Waals surface area contributed by atoms with Crippen molar-refractivity contribution >= 4 is 16.6 Å². The number of hydrogen-bond acceptors (Lipinski definition) is 4. The standard InChI is InChI=1S/C18H19F3N4OS/c1-5-9(2)6-14-15(16-12(20)7-11(19)8-13(16)21)10(3)22-17-23-18(27(4)26)24-25(14)17/h7-9H,5-6H2,1-4H3. The van der Waals surface area contributed by atoms with Crippen molar-refractivity contribution in [3.05, 3.63) is 41.0 Å². The molecule has 2 heterocycles. The summed E-state index contributed by atoms with van der Waals surface area (Å²) >= 11 is 0. The Kier molecular flexibility index (Phi) is 5.32. The lowest BCUT2D eigenvalue weighted by molar-refractivity contribution is 0.536. The van der Waals surface area contributed by atoms with E-state index in [9.17, 15) is 17.4 Å². The van der Waals surface area contributed by atoms with E-state index in [0.29, 0.717) is 29.9 Å². The van der Waals surface area contributed by atoms with Gasteiger partial charge in [0.2, 0.25) is 5.16 Å². The first kappa shape index (κ1) is 19.5. The van der Waals surface area contributed by atoms with Crippen molar-refractivity contribution in [3.63, 3.8) is 0 Å². The number of fused-ring (bicyclic) bond motifs is 1. The molecule has 0 saturated heterocycles. The molecule has 3 aromatic rings. The first-order valence-electron chi connectivity index (χ1n) is 8.47. The molecule has 0 aliphatic heterocycles. The third-order valence-electron chi connectivity index (χ3n) is 4.50. The fraction of sp³-hybridized carbons (Fsp3) is 0.389. The van der Waals surface area contributed by atoms with Gasteiger partial charge in [-0.3, -0.25) is 4.21 Å².